The minimum absolute atomic E-state index is 0.0610. The number of piperidine rings is 1. The summed E-state index contributed by atoms with van der Waals surface area (Å²) in [6, 6.07) is 7.50. The van der Waals surface area contributed by atoms with Gasteiger partial charge in [0, 0.05) is 43.3 Å². The normalized spacial score (nSPS) is 15.1. The van der Waals surface area contributed by atoms with Gasteiger partial charge in [-0.2, -0.15) is 0 Å². The number of aromatic nitrogens is 1. The molecule has 1 amide bonds. The van der Waals surface area contributed by atoms with Crippen LogP contribution in [-0.4, -0.2) is 48.4 Å². The van der Waals surface area contributed by atoms with Gasteiger partial charge in [0.25, 0.3) is 5.56 Å². The number of carbonyl (C=O) groups is 1. The summed E-state index contributed by atoms with van der Waals surface area (Å²) in [6.07, 6.45) is 1.36. The van der Waals surface area contributed by atoms with E-state index in [9.17, 15) is 9.59 Å². The van der Waals surface area contributed by atoms with Gasteiger partial charge < -0.3 is 24.3 Å². The summed E-state index contributed by atoms with van der Waals surface area (Å²) in [7, 11) is 3.39. The number of aryl methyl sites for hydroxylation is 1. The van der Waals surface area contributed by atoms with Crippen LogP contribution in [0.2, 0.25) is 0 Å². The summed E-state index contributed by atoms with van der Waals surface area (Å²) < 4.78 is 12.0. The largest absolute Gasteiger partial charge is 0.497 e. The van der Waals surface area contributed by atoms with Crippen molar-refractivity contribution in [3.8, 4) is 5.75 Å². The van der Waals surface area contributed by atoms with E-state index >= 15 is 0 Å². The van der Waals surface area contributed by atoms with E-state index in [-0.39, 0.29) is 17.7 Å². The number of carbonyl (C=O) groups excluding carboxylic acids is 1. The molecule has 3 rings (SSSR count). The Morgan fingerprint density at radius 1 is 1.27 bits per heavy atom. The van der Waals surface area contributed by atoms with E-state index in [1.54, 1.807) is 29.7 Å². The molecule has 0 radical (unpaired) electrons. The minimum Gasteiger partial charge on any atom is -0.497 e. The van der Waals surface area contributed by atoms with Crippen LogP contribution in [0.25, 0.3) is 10.9 Å². The molecule has 0 saturated carbocycles. The van der Waals surface area contributed by atoms with Gasteiger partial charge in [-0.3, -0.25) is 4.79 Å². The molecule has 0 atom stereocenters. The number of benzene rings is 1. The lowest BCUT2D eigenvalue weighted by atomic mass is 10.0. The van der Waals surface area contributed by atoms with Crippen LogP contribution in [-0.2, 0) is 11.8 Å². The summed E-state index contributed by atoms with van der Waals surface area (Å²) in [5, 5.41) is 4.43. The van der Waals surface area contributed by atoms with Gasteiger partial charge in [-0.15, -0.1) is 0 Å². The van der Waals surface area contributed by atoms with Crippen LogP contribution in [0.1, 0.15) is 19.8 Å². The molecule has 1 aliphatic heterocycles. The van der Waals surface area contributed by atoms with Crippen LogP contribution in [0.4, 0.5) is 10.5 Å². The fourth-order valence-electron chi connectivity index (χ4n) is 3.33. The minimum atomic E-state index is -0.255. The molecule has 0 unspecified atom stereocenters. The monoisotopic (exact) mass is 359 g/mol. The van der Waals surface area contributed by atoms with Crippen molar-refractivity contribution in [1.82, 2.24) is 9.47 Å². The third-order valence-electron chi connectivity index (χ3n) is 4.83. The van der Waals surface area contributed by atoms with E-state index in [4.69, 9.17) is 9.47 Å². The number of hydrogen-bond donors (Lipinski definition) is 1. The highest BCUT2D eigenvalue weighted by molar-refractivity contribution is 5.92. The zero-order valence-corrected chi connectivity index (χ0v) is 15.4. The van der Waals surface area contributed by atoms with Gasteiger partial charge in [-0.05, 0) is 38.0 Å². The molecule has 2 aromatic rings. The summed E-state index contributed by atoms with van der Waals surface area (Å²) >= 11 is 0. The third-order valence-corrected chi connectivity index (χ3v) is 4.83. The lowest BCUT2D eigenvalue weighted by Crippen LogP contribution is -2.42. The van der Waals surface area contributed by atoms with Crippen molar-refractivity contribution in [2.24, 2.45) is 7.05 Å². The number of ether oxygens (including phenoxy) is 2. The molecule has 1 aliphatic rings. The van der Waals surface area contributed by atoms with Crippen LogP contribution >= 0.6 is 0 Å². The first-order valence-corrected chi connectivity index (χ1v) is 8.89. The number of anilines is 1. The Hall–Kier alpha value is -2.70. The highest BCUT2D eigenvalue weighted by atomic mass is 16.6. The van der Waals surface area contributed by atoms with Crippen molar-refractivity contribution in [2.45, 2.75) is 25.8 Å². The smallest absolute Gasteiger partial charge is 0.409 e. The molecule has 1 N–H and O–H groups in total. The van der Waals surface area contributed by atoms with E-state index in [0.717, 1.165) is 35.2 Å². The highest BCUT2D eigenvalue weighted by Gasteiger charge is 2.24. The number of nitrogens with one attached hydrogen (secondary N) is 1. The van der Waals surface area contributed by atoms with Gasteiger partial charge in [0.1, 0.15) is 5.75 Å². The first-order chi connectivity index (χ1) is 12.5. The molecule has 1 aromatic carbocycles. The van der Waals surface area contributed by atoms with E-state index in [0.29, 0.717) is 19.7 Å². The SMILES string of the molecule is CCOC(=O)N1CCC(Nc2cc(=O)n(C)c3ccc(OC)cc23)CC1. The van der Waals surface area contributed by atoms with Gasteiger partial charge in [-0.1, -0.05) is 0 Å². The maximum atomic E-state index is 12.3. The van der Waals surface area contributed by atoms with Crippen molar-refractivity contribution in [2.75, 3.05) is 32.1 Å². The lowest BCUT2D eigenvalue weighted by molar-refractivity contribution is 0.0983. The highest BCUT2D eigenvalue weighted by Crippen LogP contribution is 2.27. The Morgan fingerprint density at radius 2 is 2.00 bits per heavy atom. The summed E-state index contributed by atoms with van der Waals surface area (Å²) in [5.41, 5.74) is 1.59. The van der Waals surface area contributed by atoms with Crippen molar-refractivity contribution < 1.29 is 14.3 Å². The van der Waals surface area contributed by atoms with Gasteiger partial charge in [0.2, 0.25) is 0 Å². The molecule has 7 heteroatoms. The first-order valence-electron chi connectivity index (χ1n) is 8.89. The van der Waals surface area contributed by atoms with Gasteiger partial charge in [0.05, 0.1) is 19.2 Å². The third kappa shape index (κ3) is 3.61. The first kappa shape index (κ1) is 18.1. The molecule has 0 aliphatic carbocycles. The molecule has 2 heterocycles. The topological polar surface area (TPSA) is 72.8 Å². The maximum Gasteiger partial charge on any atom is 0.409 e. The quantitative estimate of drug-likeness (QED) is 0.908. The second-order valence-corrected chi connectivity index (χ2v) is 6.44. The number of rotatable bonds is 4. The molecule has 26 heavy (non-hydrogen) atoms. The molecule has 1 fully saturated rings. The standard InChI is InChI=1S/C19H25N3O4/c1-4-26-19(24)22-9-7-13(8-10-22)20-16-12-18(23)21(2)17-6-5-14(25-3)11-15(16)17/h5-6,11-13,20H,4,7-10H2,1-3H3. The Kier molecular flexibility index (Phi) is 5.35. The Balaban J connectivity index is 1.80. The van der Waals surface area contributed by atoms with Crippen LogP contribution in [0.15, 0.2) is 29.1 Å². The van der Waals surface area contributed by atoms with Crippen molar-refractivity contribution >= 4 is 22.7 Å². The zero-order valence-electron chi connectivity index (χ0n) is 15.4. The van der Waals surface area contributed by atoms with Gasteiger partial charge in [-0.25, -0.2) is 4.79 Å². The summed E-state index contributed by atoms with van der Waals surface area (Å²) in [4.78, 5) is 25.8. The predicted molar refractivity (Wildman–Crippen MR) is 101 cm³/mol. The molecule has 1 aromatic heterocycles. The Labute approximate surface area is 152 Å². The molecule has 0 bridgehead atoms. The van der Waals surface area contributed by atoms with Crippen LogP contribution < -0.4 is 15.6 Å². The average Bonchev–Trinajstić information content (AvgIpc) is 2.66. The number of hydrogen-bond acceptors (Lipinski definition) is 5. The lowest BCUT2D eigenvalue weighted by Gasteiger charge is -2.32. The molecular weight excluding hydrogens is 334 g/mol. The van der Waals surface area contributed by atoms with Crippen molar-refractivity contribution in [3.63, 3.8) is 0 Å². The van der Waals surface area contributed by atoms with Crippen molar-refractivity contribution in [1.29, 1.82) is 0 Å². The number of pyridine rings is 1. The Morgan fingerprint density at radius 3 is 2.65 bits per heavy atom. The fraction of sp³-hybridized carbons (Fsp3) is 0.474. The summed E-state index contributed by atoms with van der Waals surface area (Å²) in [6.45, 7) is 3.48. The zero-order chi connectivity index (χ0) is 18.7. The van der Waals surface area contributed by atoms with E-state index < -0.39 is 0 Å². The van der Waals surface area contributed by atoms with E-state index in [2.05, 4.69) is 5.32 Å². The van der Waals surface area contributed by atoms with E-state index in [1.807, 2.05) is 25.1 Å². The molecule has 140 valence electrons. The number of amides is 1. The number of likely N-dealkylation sites (tertiary alicyclic amines) is 1. The molecule has 7 nitrogen and oxygen atoms in total. The maximum absolute atomic E-state index is 12.3. The molecule has 1 saturated heterocycles. The predicted octanol–water partition coefficient (Wildman–Crippen LogP) is 2.58. The fourth-order valence-corrected chi connectivity index (χ4v) is 3.33. The summed E-state index contributed by atoms with van der Waals surface area (Å²) in [5.74, 6) is 0.747. The van der Waals surface area contributed by atoms with E-state index in [1.165, 1.54) is 0 Å². The average molecular weight is 359 g/mol. The van der Waals surface area contributed by atoms with Crippen molar-refractivity contribution in [3.05, 3.63) is 34.6 Å². The van der Waals surface area contributed by atoms with Gasteiger partial charge in [0.15, 0.2) is 0 Å². The Bertz CT molecular complexity index is 854. The second kappa shape index (κ2) is 7.68. The molecule has 0 spiro atoms. The second-order valence-electron chi connectivity index (χ2n) is 6.44. The number of fused-ring (bicyclic) bond motifs is 1. The number of methoxy groups -OCH3 is 1. The number of nitrogens with zero attached hydrogens (tertiary/aromatic N) is 2. The van der Waals surface area contributed by atoms with Crippen LogP contribution in [0.3, 0.4) is 0 Å². The van der Waals surface area contributed by atoms with Crippen LogP contribution in [0.5, 0.6) is 5.75 Å². The van der Waals surface area contributed by atoms with Gasteiger partial charge >= 0.3 is 6.09 Å². The molecular formula is C19H25N3O4. The van der Waals surface area contributed by atoms with Crippen LogP contribution in [0, 0.1) is 0 Å².